The summed E-state index contributed by atoms with van der Waals surface area (Å²) in [6.07, 6.45) is 0. The van der Waals surface area contributed by atoms with Crippen LogP contribution in [0.5, 0.6) is 11.5 Å². The number of sulfonamides is 1. The molecule has 3 aromatic carbocycles. The van der Waals surface area contributed by atoms with Gasteiger partial charge in [0.25, 0.3) is 0 Å². The fraction of sp³-hybridized carbons (Fsp3) is 0.276. The van der Waals surface area contributed by atoms with Crippen LogP contribution < -0.4 is 9.47 Å². The number of benzene rings is 3. The summed E-state index contributed by atoms with van der Waals surface area (Å²) in [6, 6.07) is 21.6. The Bertz CT molecular complexity index is 1670. The molecule has 0 amide bonds. The molecule has 6 rings (SSSR count). The molecule has 2 aliphatic heterocycles. The van der Waals surface area contributed by atoms with Crippen LogP contribution in [0.15, 0.2) is 82.8 Å². The van der Waals surface area contributed by atoms with Crippen molar-refractivity contribution in [3.05, 3.63) is 83.9 Å². The van der Waals surface area contributed by atoms with Gasteiger partial charge >= 0.3 is 0 Å². The van der Waals surface area contributed by atoms with Gasteiger partial charge in [0.2, 0.25) is 16.8 Å². The lowest BCUT2D eigenvalue weighted by atomic mass is 10.1. The van der Waals surface area contributed by atoms with Crippen LogP contribution in [0.3, 0.4) is 0 Å². The predicted octanol–water partition coefficient (Wildman–Crippen LogP) is 4.28. The van der Waals surface area contributed by atoms with E-state index in [9.17, 15) is 13.2 Å². The van der Waals surface area contributed by atoms with Crippen LogP contribution in [0.25, 0.3) is 11.4 Å². The molecule has 1 aromatic heterocycles. The Morgan fingerprint density at radius 2 is 1.73 bits per heavy atom. The normalized spacial score (nSPS) is 16.0. The Hall–Kier alpha value is -3.71. The monoisotopic (exact) mass is 592 g/mol. The van der Waals surface area contributed by atoms with E-state index >= 15 is 0 Å². The highest BCUT2D eigenvalue weighted by atomic mass is 32.2. The first-order valence-corrected chi connectivity index (χ1v) is 15.6. The number of fused-ring (bicyclic) bond motifs is 1. The molecule has 0 aliphatic carbocycles. The van der Waals surface area contributed by atoms with Crippen molar-refractivity contribution >= 4 is 27.6 Å². The zero-order chi connectivity index (χ0) is 28.4. The first-order valence-electron chi connectivity index (χ1n) is 13.2. The minimum atomic E-state index is -3.70. The number of hydrogen-bond acceptors (Lipinski definition) is 9. The van der Waals surface area contributed by atoms with Gasteiger partial charge in [0, 0.05) is 24.2 Å². The number of morpholine rings is 1. The lowest BCUT2D eigenvalue weighted by molar-refractivity contribution is 0.0730. The van der Waals surface area contributed by atoms with Crippen LogP contribution >= 0.6 is 11.8 Å². The summed E-state index contributed by atoms with van der Waals surface area (Å²) in [5, 5.41) is 9.48. The molecule has 1 fully saturated rings. The Morgan fingerprint density at radius 3 is 2.54 bits per heavy atom. The van der Waals surface area contributed by atoms with Crippen molar-refractivity contribution in [2.24, 2.45) is 0 Å². The number of aromatic nitrogens is 3. The van der Waals surface area contributed by atoms with E-state index in [0.717, 1.165) is 5.56 Å². The standard InChI is InChI=1S/C29H28N4O6S2/c1-20(21-6-3-2-4-7-21)33-28(23-8-5-9-24(16-23)41(35,36)32-12-14-37-15-13-32)30-31-29(33)40-18-25(34)22-10-11-26-27(17-22)39-19-38-26/h2-11,16-17,20H,12-15,18-19H2,1H3. The molecular formula is C29H28N4O6S2. The average Bonchev–Trinajstić information content (AvgIpc) is 3.67. The number of ether oxygens (including phenoxy) is 3. The number of carbonyl (C=O) groups is 1. The number of Topliss-reactive ketones (excluding diaryl/α,β-unsaturated/α-hetero) is 1. The summed E-state index contributed by atoms with van der Waals surface area (Å²) in [5.74, 6) is 1.72. The van der Waals surface area contributed by atoms with Crippen molar-refractivity contribution < 1.29 is 27.4 Å². The van der Waals surface area contributed by atoms with Crippen LogP contribution in [-0.4, -0.2) is 72.1 Å². The van der Waals surface area contributed by atoms with Crippen molar-refractivity contribution in [1.82, 2.24) is 19.1 Å². The topological polar surface area (TPSA) is 113 Å². The zero-order valence-corrected chi connectivity index (χ0v) is 23.9. The zero-order valence-electron chi connectivity index (χ0n) is 22.3. The Labute approximate surface area is 242 Å². The highest BCUT2D eigenvalue weighted by Crippen LogP contribution is 2.35. The average molecular weight is 593 g/mol. The van der Waals surface area contributed by atoms with E-state index in [0.29, 0.717) is 59.9 Å². The summed E-state index contributed by atoms with van der Waals surface area (Å²) < 4.78 is 46.2. The molecule has 0 spiro atoms. The molecule has 41 heavy (non-hydrogen) atoms. The number of thioether (sulfide) groups is 1. The molecule has 1 unspecified atom stereocenters. The third-order valence-corrected chi connectivity index (χ3v) is 9.90. The maximum atomic E-state index is 13.4. The van der Waals surface area contributed by atoms with E-state index in [1.807, 2.05) is 47.9 Å². The lowest BCUT2D eigenvalue weighted by Gasteiger charge is -2.26. The highest BCUT2D eigenvalue weighted by Gasteiger charge is 2.28. The van der Waals surface area contributed by atoms with Crippen LogP contribution in [-0.2, 0) is 14.8 Å². The second-order valence-electron chi connectivity index (χ2n) is 9.59. The van der Waals surface area contributed by atoms with Gasteiger partial charge in [-0.3, -0.25) is 9.36 Å². The van der Waals surface area contributed by atoms with Gasteiger partial charge < -0.3 is 14.2 Å². The van der Waals surface area contributed by atoms with Crippen LogP contribution in [0, 0.1) is 0 Å². The number of carbonyl (C=O) groups excluding carboxylic acids is 1. The molecule has 4 aromatic rings. The van der Waals surface area contributed by atoms with Crippen LogP contribution in [0.4, 0.5) is 0 Å². The number of nitrogens with zero attached hydrogens (tertiary/aromatic N) is 4. The van der Waals surface area contributed by atoms with Gasteiger partial charge in [-0.1, -0.05) is 54.2 Å². The summed E-state index contributed by atoms with van der Waals surface area (Å²) >= 11 is 1.28. The van der Waals surface area contributed by atoms with E-state index in [1.165, 1.54) is 16.1 Å². The maximum Gasteiger partial charge on any atom is 0.243 e. The molecule has 12 heteroatoms. The minimum Gasteiger partial charge on any atom is -0.454 e. The van der Waals surface area contributed by atoms with E-state index in [4.69, 9.17) is 14.2 Å². The third kappa shape index (κ3) is 5.60. The van der Waals surface area contributed by atoms with Gasteiger partial charge in [-0.25, -0.2) is 8.42 Å². The van der Waals surface area contributed by atoms with E-state index in [-0.39, 0.29) is 29.3 Å². The SMILES string of the molecule is CC(c1ccccc1)n1c(SCC(=O)c2ccc3c(c2)OCO3)nnc1-c1cccc(S(=O)(=O)N2CCOCC2)c1. The molecule has 2 aliphatic rings. The minimum absolute atomic E-state index is 0.0876. The molecule has 1 saturated heterocycles. The fourth-order valence-electron chi connectivity index (χ4n) is 4.82. The van der Waals surface area contributed by atoms with Crippen molar-refractivity contribution in [3.8, 4) is 22.9 Å². The van der Waals surface area contributed by atoms with Crippen molar-refractivity contribution in [2.45, 2.75) is 23.0 Å². The van der Waals surface area contributed by atoms with Crippen LogP contribution in [0.2, 0.25) is 0 Å². The molecule has 0 N–H and O–H groups in total. The smallest absolute Gasteiger partial charge is 0.243 e. The number of ketones is 1. The first kappa shape index (κ1) is 27.5. The summed E-state index contributed by atoms with van der Waals surface area (Å²) in [6.45, 7) is 3.53. The van der Waals surface area contributed by atoms with Gasteiger partial charge in [-0.15, -0.1) is 10.2 Å². The molecular weight excluding hydrogens is 564 g/mol. The molecule has 1 atom stereocenters. The Balaban J connectivity index is 1.32. The van der Waals surface area contributed by atoms with Crippen molar-refractivity contribution in [2.75, 3.05) is 38.8 Å². The molecule has 0 bridgehead atoms. The number of rotatable bonds is 9. The fourth-order valence-corrected chi connectivity index (χ4v) is 7.18. The predicted molar refractivity (Wildman–Crippen MR) is 153 cm³/mol. The summed E-state index contributed by atoms with van der Waals surface area (Å²) in [7, 11) is -3.70. The van der Waals surface area contributed by atoms with Gasteiger partial charge in [0.05, 0.1) is 29.9 Å². The second-order valence-corrected chi connectivity index (χ2v) is 12.5. The molecule has 0 saturated carbocycles. The van der Waals surface area contributed by atoms with Gasteiger partial charge in [-0.05, 0) is 42.8 Å². The Kier molecular flexibility index (Phi) is 7.80. The molecule has 10 nitrogen and oxygen atoms in total. The van der Waals surface area contributed by atoms with Crippen LogP contribution in [0.1, 0.15) is 28.9 Å². The van der Waals surface area contributed by atoms with Crippen molar-refractivity contribution in [3.63, 3.8) is 0 Å². The van der Waals surface area contributed by atoms with E-state index in [1.54, 1.807) is 36.4 Å². The maximum absolute atomic E-state index is 13.4. The quantitative estimate of drug-likeness (QED) is 0.208. The van der Waals surface area contributed by atoms with Gasteiger partial charge in [0.1, 0.15) is 0 Å². The van der Waals surface area contributed by atoms with E-state index < -0.39 is 10.0 Å². The second kappa shape index (κ2) is 11.6. The molecule has 0 radical (unpaired) electrons. The third-order valence-electron chi connectivity index (χ3n) is 7.06. The highest BCUT2D eigenvalue weighted by molar-refractivity contribution is 7.99. The largest absolute Gasteiger partial charge is 0.454 e. The lowest BCUT2D eigenvalue weighted by Crippen LogP contribution is -2.40. The number of hydrogen-bond donors (Lipinski definition) is 0. The molecule has 3 heterocycles. The summed E-state index contributed by atoms with van der Waals surface area (Å²) in [5.41, 5.74) is 2.16. The van der Waals surface area contributed by atoms with Gasteiger partial charge in [0.15, 0.2) is 28.3 Å². The first-order chi connectivity index (χ1) is 19.9. The van der Waals surface area contributed by atoms with E-state index in [2.05, 4.69) is 10.2 Å². The van der Waals surface area contributed by atoms with Gasteiger partial charge in [-0.2, -0.15) is 4.31 Å². The summed E-state index contributed by atoms with van der Waals surface area (Å²) in [4.78, 5) is 13.3. The van der Waals surface area contributed by atoms with Crippen molar-refractivity contribution in [1.29, 1.82) is 0 Å². The molecule has 212 valence electrons. The Morgan fingerprint density at radius 1 is 0.951 bits per heavy atom.